The third kappa shape index (κ3) is 1.23. The van der Waals surface area contributed by atoms with Crippen LogP contribution in [0.2, 0.25) is 0 Å². The molecule has 0 heteroatoms. The summed E-state index contributed by atoms with van der Waals surface area (Å²) in [5.41, 5.74) is 3.69. The molecule has 0 aliphatic heterocycles. The summed E-state index contributed by atoms with van der Waals surface area (Å²) in [6.45, 7) is 4.67. The smallest absolute Gasteiger partial charge is 0.0191 e. The van der Waals surface area contributed by atoms with Gasteiger partial charge in [-0.25, -0.2) is 0 Å². The van der Waals surface area contributed by atoms with Crippen LogP contribution in [0.15, 0.2) is 11.1 Å². The van der Waals surface area contributed by atoms with Crippen LogP contribution in [0.1, 0.15) is 46.0 Å². The maximum Gasteiger partial charge on any atom is -0.0191 e. The lowest BCUT2D eigenvalue weighted by Gasteiger charge is -2.30. The van der Waals surface area contributed by atoms with Crippen molar-refractivity contribution in [2.45, 2.75) is 46.0 Å². The Balaban J connectivity index is 1.96. The van der Waals surface area contributed by atoms with E-state index in [-0.39, 0.29) is 0 Å². The first kappa shape index (κ1) is 7.39. The summed E-state index contributed by atoms with van der Waals surface area (Å²) in [7, 11) is 0. The molecule has 62 valence electrons. The first-order valence-corrected chi connectivity index (χ1v) is 5.04. The zero-order valence-electron chi connectivity index (χ0n) is 7.69. The van der Waals surface area contributed by atoms with Crippen molar-refractivity contribution < 1.29 is 0 Å². The zero-order valence-corrected chi connectivity index (χ0v) is 7.69. The molecule has 2 fully saturated rings. The molecule has 0 bridgehead atoms. The fraction of sp³-hybridized carbons (Fsp3) is 0.818. The van der Waals surface area contributed by atoms with Crippen LogP contribution in [-0.4, -0.2) is 0 Å². The Hall–Kier alpha value is -0.260. The van der Waals surface area contributed by atoms with E-state index in [1.807, 2.05) is 11.1 Å². The Bertz CT molecular complexity index is 188. The molecule has 2 atom stereocenters. The SMILES string of the molecule is CCCC1CCC1=C1CC1C. The summed E-state index contributed by atoms with van der Waals surface area (Å²) in [5.74, 6) is 1.98. The van der Waals surface area contributed by atoms with Gasteiger partial charge in [-0.3, -0.25) is 0 Å². The van der Waals surface area contributed by atoms with Crippen LogP contribution in [0.5, 0.6) is 0 Å². The highest BCUT2D eigenvalue weighted by Crippen LogP contribution is 2.49. The predicted octanol–water partition coefficient (Wildman–Crippen LogP) is 3.53. The summed E-state index contributed by atoms with van der Waals surface area (Å²) in [6, 6.07) is 0. The highest BCUT2D eigenvalue weighted by molar-refractivity contribution is 5.34. The molecule has 0 nitrogen and oxygen atoms in total. The molecule has 0 heterocycles. The maximum absolute atomic E-state index is 2.36. The minimum atomic E-state index is 0.963. The standard InChI is InChI=1S/C11H18/c1-3-4-9-5-6-10(9)11-7-8(11)2/h8-9H,3-7H2,1-2H3. The van der Waals surface area contributed by atoms with Gasteiger partial charge < -0.3 is 0 Å². The third-order valence-corrected chi connectivity index (χ3v) is 3.27. The van der Waals surface area contributed by atoms with Crippen molar-refractivity contribution in [2.75, 3.05) is 0 Å². The number of hydrogen-bond acceptors (Lipinski definition) is 0. The average molecular weight is 150 g/mol. The van der Waals surface area contributed by atoms with Crippen molar-refractivity contribution in [1.29, 1.82) is 0 Å². The van der Waals surface area contributed by atoms with Crippen LogP contribution < -0.4 is 0 Å². The fourth-order valence-corrected chi connectivity index (χ4v) is 2.30. The predicted molar refractivity (Wildman–Crippen MR) is 48.4 cm³/mol. The van der Waals surface area contributed by atoms with Gasteiger partial charge >= 0.3 is 0 Å². The van der Waals surface area contributed by atoms with Gasteiger partial charge in [-0.15, -0.1) is 0 Å². The minimum Gasteiger partial charge on any atom is -0.0676 e. The molecule has 0 amide bonds. The Kier molecular flexibility index (Phi) is 1.78. The lowest BCUT2D eigenvalue weighted by atomic mass is 9.76. The molecule has 0 radical (unpaired) electrons. The van der Waals surface area contributed by atoms with Crippen LogP contribution in [0.25, 0.3) is 0 Å². The normalized spacial score (nSPS) is 42.0. The van der Waals surface area contributed by atoms with Gasteiger partial charge in [0.2, 0.25) is 0 Å². The summed E-state index contributed by atoms with van der Waals surface area (Å²) >= 11 is 0. The van der Waals surface area contributed by atoms with E-state index in [4.69, 9.17) is 0 Å². The van der Waals surface area contributed by atoms with E-state index in [9.17, 15) is 0 Å². The van der Waals surface area contributed by atoms with Crippen molar-refractivity contribution in [2.24, 2.45) is 11.8 Å². The second-order valence-electron chi connectivity index (χ2n) is 4.18. The van der Waals surface area contributed by atoms with Crippen LogP contribution in [-0.2, 0) is 0 Å². The molecule has 0 aromatic heterocycles. The third-order valence-electron chi connectivity index (χ3n) is 3.27. The Morgan fingerprint density at radius 2 is 2.09 bits per heavy atom. The molecule has 0 spiro atoms. The fourth-order valence-electron chi connectivity index (χ4n) is 2.30. The van der Waals surface area contributed by atoms with E-state index in [0.717, 1.165) is 11.8 Å². The van der Waals surface area contributed by atoms with E-state index in [1.54, 1.807) is 0 Å². The molecule has 0 aromatic rings. The number of rotatable bonds is 2. The summed E-state index contributed by atoms with van der Waals surface area (Å²) in [6.07, 6.45) is 7.17. The Morgan fingerprint density at radius 1 is 1.36 bits per heavy atom. The molecule has 0 saturated heterocycles. The van der Waals surface area contributed by atoms with Gasteiger partial charge in [0, 0.05) is 0 Å². The monoisotopic (exact) mass is 150 g/mol. The van der Waals surface area contributed by atoms with E-state index in [2.05, 4.69) is 13.8 Å². The highest BCUT2D eigenvalue weighted by atomic mass is 14.4. The molecule has 0 N–H and O–H groups in total. The van der Waals surface area contributed by atoms with Gasteiger partial charge in [0.1, 0.15) is 0 Å². The second kappa shape index (κ2) is 2.66. The molecule has 11 heavy (non-hydrogen) atoms. The lowest BCUT2D eigenvalue weighted by molar-refractivity contribution is 0.407. The van der Waals surface area contributed by atoms with E-state index >= 15 is 0 Å². The maximum atomic E-state index is 2.36. The van der Waals surface area contributed by atoms with E-state index in [1.165, 1.54) is 32.1 Å². The topological polar surface area (TPSA) is 0 Å². The van der Waals surface area contributed by atoms with Crippen molar-refractivity contribution in [3.05, 3.63) is 11.1 Å². The van der Waals surface area contributed by atoms with Gasteiger partial charge in [0.25, 0.3) is 0 Å². The molecule has 2 aliphatic carbocycles. The molecular weight excluding hydrogens is 132 g/mol. The average Bonchev–Trinajstić information content (AvgIpc) is 2.60. The molecule has 2 unspecified atom stereocenters. The van der Waals surface area contributed by atoms with Crippen molar-refractivity contribution in [3.63, 3.8) is 0 Å². The van der Waals surface area contributed by atoms with Crippen LogP contribution in [0.3, 0.4) is 0 Å². The van der Waals surface area contributed by atoms with Crippen LogP contribution in [0.4, 0.5) is 0 Å². The Morgan fingerprint density at radius 3 is 2.45 bits per heavy atom. The van der Waals surface area contributed by atoms with E-state index < -0.39 is 0 Å². The summed E-state index contributed by atoms with van der Waals surface area (Å²) < 4.78 is 0. The highest BCUT2D eigenvalue weighted by Gasteiger charge is 2.34. The largest absolute Gasteiger partial charge is 0.0676 e. The van der Waals surface area contributed by atoms with Crippen molar-refractivity contribution in [1.82, 2.24) is 0 Å². The van der Waals surface area contributed by atoms with Crippen molar-refractivity contribution in [3.8, 4) is 0 Å². The van der Waals surface area contributed by atoms with Gasteiger partial charge in [0.05, 0.1) is 0 Å². The van der Waals surface area contributed by atoms with Crippen LogP contribution >= 0.6 is 0 Å². The van der Waals surface area contributed by atoms with Gasteiger partial charge in [-0.05, 0) is 37.5 Å². The molecule has 2 aliphatic rings. The first-order valence-electron chi connectivity index (χ1n) is 5.04. The summed E-state index contributed by atoms with van der Waals surface area (Å²) in [5, 5.41) is 0. The molecule has 2 saturated carbocycles. The number of allylic oxidation sites excluding steroid dienone is 2. The Labute approximate surface area is 69.7 Å². The number of hydrogen-bond donors (Lipinski definition) is 0. The molecular formula is C11H18. The van der Waals surface area contributed by atoms with E-state index in [0.29, 0.717) is 0 Å². The van der Waals surface area contributed by atoms with Gasteiger partial charge in [-0.1, -0.05) is 31.4 Å². The summed E-state index contributed by atoms with van der Waals surface area (Å²) in [4.78, 5) is 0. The molecule has 2 rings (SSSR count). The quantitative estimate of drug-likeness (QED) is 0.528. The minimum absolute atomic E-state index is 0.963. The molecule has 0 aromatic carbocycles. The lowest BCUT2D eigenvalue weighted by Crippen LogP contribution is -2.15. The first-order chi connectivity index (χ1) is 5.33. The van der Waals surface area contributed by atoms with Gasteiger partial charge in [0.15, 0.2) is 0 Å². The van der Waals surface area contributed by atoms with Crippen molar-refractivity contribution >= 4 is 0 Å². The van der Waals surface area contributed by atoms with Crippen LogP contribution in [0, 0.1) is 11.8 Å². The second-order valence-corrected chi connectivity index (χ2v) is 4.18. The zero-order chi connectivity index (χ0) is 7.84. The van der Waals surface area contributed by atoms with Gasteiger partial charge in [-0.2, -0.15) is 0 Å².